The first-order valence-corrected chi connectivity index (χ1v) is 9.22. The molecule has 0 aromatic rings. The van der Waals surface area contributed by atoms with E-state index in [-0.39, 0.29) is 0 Å². The number of aliphatic hydroxyl groups is 1. The smallest absolute Gasteiger partial charge is 0.0887 e. The van der Waals surface area contributed by atoms with Crippen LogP contribution in [0.1, 0.15) is 89.9 Å². The molecule has 0 bridgehead atoms. The Morgan fingerprint density at radius 2 is 1.60 bits per heavy atom. The lowest BCUT2D eigenvalue weighted by molar-refractivity contribution is -0.0503. The van der Waals surface area contributed by atoms with Crippen LogP contribution in [0.25, 0.3) is 0 Å². The van der Waals surface area contributed by atoms with Crippen LogP contribution in [0.2, 0.25) is 0 Å². The standard InChI is InChI=1S/C19H32O/c20-19(17-12-6-1-2-7-13-17)15-9-8-14-18(19)16-10-4-3-5-11-16/h12,16,18,20H,1-11,13-15H2. The first-order valence-electron chi connectivity index (χ1n) is 9.22. The molecule has 0 aromatic heterocycles. The lowest BCUT2D eigenvalue weighted by atomic mass is 9.62. The molecule has 3 rings (SSSR count). The van der Waals surface area contributed by atoms with Gasteiger partial charge in [0, 0.05) is 0 Å². The normalized spacial score (nSPS) is 37.2. The Hall–Kier alpha value is -0.300. The molecule has 1 nitrogen and oxygen atoms in total. The van der Waals surface area contributed by atoms with Crippen molar-refractivity contribution in [3.05, 3.63) is 11.6 Å². The Bertz CT molecular complexity index is 340. The summed E-state index contributed by atoms with van der Waals surface area (Å²) in [6.45, 7) is 0. The predicted octanol–water partition coefficient (Wildman–Crippen LogP) is 5.38. The maximum absolute atomic E-state index is 11.6. The van der Waals surface area contributed by atoms with Crippen LogP contribution in [0.4, 0.5) is 0 Å². The minimum Gasteiger partial charge on any atom is -0.385 e. The average molecular weight is 276 g/mol. The van der Waals surface area contributed by atoms with Gasteiger partial charge < -0.3 is 5.11 Å². The van der Waals surface area contributed by atoms with E-state index >= 15 is 0 Å². The molecule has 1 N–H and O–H groups in total. The van der Waals surface area contributed by atoms with Crippen molar-refractivity contribution >= 4 is 0 Å². The van der Waals surface area contributed by atoms with Crippen LogP contribution in [0, 0.1) is 11.8 Å². The molecule has 3 aliphatic carbocycles. The summed E-state index contributed by atoms with van der Waals surface area (Å²) in [7, 11) is 0. The molecule has 0 saturated heterocycles. The summed E-state index contributed by atoms with van der Waals surface area (Å²) >= 11 is 0. The van der Waals surface area contributed by atoms with Crippen molar-refractivity contribution in [2.45, 2.75) is 95.5 Å². The second-order valence-corrected chi connectivity index (χ2v) is 7.50. The summed E-state index contributed by atoms with van der Waals surface area (Å²) in [4.78, 5) is 0. The monoisotopic (exact) mass is 276 g/mol. The van der Waals surface area contributed by atoms with Crippen LogP contribution in [0.15, 0.2) is 11.6 Å². The van der Waals surface area contributed by atoms with E-state index in [1.165, 1.54) is 89.0 Å². The predicted molar refractivity (Wildman–Crippen MR) is 84.7 cm³/mol. The molecule has 0 radical (unpaired) electrons. The van der Waals surface area contributed by atoms with Gasteiger partial charge in [0.15, 0.2) is 0 Å². The number of rotatable bonds is 2. The zero-order chi connectivity index (χ0) is 13.8. The minimum absolute atomic E-state index is 0.426. The Balaban J connectivity index is 1.80. The molecule has 2 atom stereocenters. The van der Waals surface area contributed by atoms with Crippen LogP contribution < -0.4 is 0 Å². The van der Waals surface area contributed by atoms with Crippen molar-refractivity contribution in [1.29, 1.82) is 0 Å². The van der Waals surface area contributed by atoms with Gasteiger partial charge in [0.25, 0.3) is 0 Å². The van der Waals surface area contributed by atoms with E-state index in [2.05, 4.69) is 6.08 Å². The molecule has 0 amide bonds. The third kappa shape index (κ3) is 2.98. The molecule has 2 fully saturated rings. The van der Waals surface area contributed by atoms with Gasteiger partial charge in [0.05, 0.1) is 5.60 Å². The Morgan fingerprint density at radius 1 is 0.850 bits per heavy atom. The average Bonchev–Trinajstić information content (AvgIpc) is 2.78. The van der Waals surface area contributed by atoms with E-state index in [4.69, 9.17) is 0 Å². The molecule has 114 valence electrons. The van der Waals surface area contributed by atoms with Gasteiger partial charge in [-0.15, -0.1) is 0 Å². The highest BCUT2D eigenvalue weighted by atomic mass is 16.3. The molecular formula is C19H32O. The van der Waals surface area contributed by atoms with Gasteiger partial charge in [-0.05, 0) is 55.9 Å². The fourth-order valence-electron chi connectivity index (χ4n) is 5.15. The molecule has 20 heavy (non-hydrogen) atoms. The largest absolute Gasteiger partial charge is 0.385 e. The Kier molecular flexibility index (Phi) is 4.86. The van der Waals surface area contributed by atoms with Crippen LogP contribution in [-0.2, 0) is 0 Å². The van der Waals surface area contributed by atoms with Crippen LogP contribution in [0.3, 0.4) is 0 Å². The second-order valence-electron chi connectivity index (χ2n) is 7.50. The molecule has 3 aliphatic rings. The highest BCUT2D eigenvalue weighted by Gasteiger charge is 2.45. The van der Waals surface area contributed by atoms with E-state index in [1.54, 1.807) is 0 Å². The summed E-state index contributed by atoms with van der Waals surface area (Å²) in [6, 6.07) is 0. The van der Waals surface area contributed by atoms with Crippen LogP contribution in [0.5, 0.6) is 0 Å². The van der Waals surface area contributed by atoms with Gasteiger partial charge in [-0.1, -0.05) is 57.4 Å². The van der Waals surface area contributed by atoms with Gasteiger partial charge in [-0.2, -0.15) is 0 Å². The van der Waals surface area contributed by atoms with Crippen molar-refractivity contribution in [2.24, 2.45) is 11.8 Å². The first-order chi connectivity index (χ1) is 9.81. The second kappa shape index (κ2) is 6.64. The zero-order valence-electron chi connectivity index (χ0n) is 13.1. The van der Waals surface area contributed by atoms with E-state index in [0.29, 0.717) is 5.92 Å². The Labute approximate surface area is 124 Å². The van der Waals surface area contributed by atoms with Gasteiger partial charge in [-0.3, -0.25) is 0 Å². The number of hydrogen-bond donors (Lipinski definition) is 1. The topological polar surface area (TPSA) is 20.2 Å². The number of hydrogen-bond acceptors (Lipinski definition) is 1. The van der Waals surface area contributed by atoms with E-state index in [9.17, 15) is 5.11 Å². The molecular weight excluding hydrogens is 244 g/mol. The van der Waals surface area contributed by atoms with Crippen LogP contribution in [-0.4, -0.2) is 10.7 Å². The SMILES string of the molecule is OC1(C2=CCCCCC2)CCCCC1C1CCCCC1. The van der Waals surface area contributed by atoms with Crippen molar-refractivity contribution in [2.75, 3.05) is 0 Å². The molecule has 0 spiro atoms. The lowest BCUT2D eigenvalue weighted by Crippen LogP contribution is -2.46. The highest BCUT2D eigenvalue weighted by Crippen LogP contribution is 2.48. The van der Waals surface area contributed by atoms with Crippen molar-refractivity contribution in [3.8, 4) is 0 Å². The summed E-state index contributed by atoms with van der Waals surface area (Å²) in [6.07, 6.45) is 20.6. The molecule has 0 aliphatic heterocycles. The van der Waals surface area contributed by atoms with E-state index < -0.39 is 5.60 Å². The summed E-state index contributed by atoms with van der Waals surface area (Å²) in [5.41, 5.74) is 1.01. The third-order valence-electron chi connectivity index (χ3n) is 6.25. The van der Waals surface area contributed by atoms with Gasteiger partial charge in [0.2, 0.25) is 0 Å². The van der Waals surface area contributed by atoms with Gasteiger partial charge in [0.1, 0.15) is 0 Å². The van der Waals surface area contributed by atoms with Crippen molar-refractivity contribution in [1.82, 2.24) is 0 Å². The fourth-order valence-corrected chi connectivity index (χ4v) is 5.15. The first kappa shape index (κ1) is 14.6. The van der Waals surface area contributed by atoms with E-state index in [1.807, 2.05) is 0 Å². The van der Waals surface area contributed by atoms with Gasteiger partial charge >= 0.3 is 0 Å². The van der Waals surface area contributed by atoms with Crippen molar-refractivity contribution < 1.29 is 5.11 Å². The maximum Gasteiger partial charge on any atom is 0.0887 e. The van der Waals surface area contributed by atoms with E-state index in [0.717, 1.165) is 12.3 Å². The zero-order valence-corrected chi connectivity index (χ0v) is 13.1. The fraction of sp³-hybridized carbons (Fsp3) is 0.895. The van der Waals surface area contributed by atoms with Crippen LogP contribution >= 0.6 is 0 Å². The molecule has 2 unspecified atom stereocenters. The third-order valence-corrected chi connectivity index (χ3v) is 6.25. The molecule has 0 aromatic carbocycles. The molecule has 2 saturated carbocycles. The quantitative estimate of drug-likeness (QED) is 0.671. The molecule has 1 heteroatoms. The Morgan fingerprint density at radius 3 is 2.45 bits per heavy atom. The van der Waals surface area contributed by atoms with Crippen molar-refractivity contribution in [3.63, 3.8) is 0 Å². The van der Waals surface area contributed by atoms with Gasteiger partial charge in [-0.25, -0.2) is 0 Å². The number of allylic oxidation sites excluding steroid dienone is 1. The highest BCUT2D eigenvalue weighted by molar-refractivity contribution is 5.21. The maximum atomic E-state index is 11.6. The lowest BCUT2D eigenvalue weighted by Gasteiger charge is -2.47. The summed E-state index contributed by atoms with van der Waals surface area (Å²) in [5, 5.41) is 11.6. The molecule has 0 heterocycles. The summed E-state index contributed by atoms with van der Waals surface area (Å²) < 4.78 is 0. The summed E-state index contributed by atoms with van der Waals surface area (Å²) in [5.74, 6) is 1.37. The minimum atomic E-state index is -0.426.